The van der Waals surface area contributed by atoms with Gasteiger partial charge in [0.1, 0.15) is 5.69 Å². The summed E-state index contributed by atoms with van der Waals surface area (Å²) in [4.78, 5) is 41.4. The fourth-order valence-electron chi connectivity index (χ4n) is 5.73. The third-order valence-corrected chi connectivity index (χ3v) is 10.1. The number of carbonyl (C=O) groups excluding carboxylic acids is 2. The Morgan fingerprint density at radius 3 is 2.87 bits per heavy atom. The smallest absolute Gasteiger partial charge is 0.274 e. The zero-order chi connectivity index (χ0) is 26.4. The van der Waals surface area contributed by atoms with E-state index in [4.69, 9.17) is 16.6 Å². The lowest BCUT2D eigenvalue weighted by Gasteiger charge is -2.35. The molecule has 1 aliphatic carbocycles. The standard InChI is InChI=1S/C28H28ClN5O2S2/c1-3-33(2)28-32-23(24(38-28)17-6-4-7-18(29)12-17)27(36)34-19-11-10-16(13-19)22(34)14-30-26(35)20-8-5-9-21-25(20)37-15-31-21/h4-9,12,15-16,19,22H,3,10-11,13-14H2,1-2H3,(H,30,35)/t16-,19+,22-/m0/s1. The molecule has 0 radical (unpaired) electrons. The highest BCUT2D eigenvalue weighted by Gasteiger charge is 2.49. The topological polar surface area (TPSA) is 78.4 Å². The van der Waals surface area contributed by atoms with E-state index in [0.717, 1.165) is 51.6 Å². The maximum atomic E-state index is 14.2. The number of hydrogen-bond donors (Lipinski definition) is 1. The van der Waals surface area contributed by atoms with Crippen LogP contribution in [0.2, 0.25) is 5.02 Å². The summed E-state index contributed by atoms with van der Waals surface area (Å²) in [6.07, 6.45) is 3.02. The Morgan fingerprint density at radius 2 is 2.05 bits per heavy atom. The zero-order valence-electron chi connectivity index (χ0n) is 21.2. The van der Waals surface area contributed by atoms with Crippen LogP contribution in [0.25, 0.3) is 20.7 Å². The van der Waals surface area contributed by atoms with Gasteiger partial charge in [0.25, 0.3) is 11.8 Å². The lowest BCUT2D eigenvalue weighted by Crippen LogP contribution is -2.50. The number of amides is 2. The molecule has 4 aromatic rings. The molecule has 196 valence electrons. The first-order chi connectivity index (χ1) is 18.4. The second-order valence-electron chi connectivity index (χ2n) is 9.92. The molecule has 3 heterocycles. The number of rotatable bonds is 7. The fourth-order valence-corrected chi connectivity index (χ4v) is 7.80. The van der Waals surface area contributed by atoms with Crippen LogP contribution >= 0.6 is 34.3 Å². The summed E-state index contributed by atoms with van der Waals surface area (Å²) in [5, 5.41) is 4.56. The van der Waals surface area contributed by atoms with E-state index in [1.165, 1.54) is 22.7 Å². The minimum absolute atomic E-state index is 0.0628. The van der Waals surface area contributed by atoms with Crippen molar-refractivity contribution in [2.75, 3.05) is 25.0 Å². The summed E-state index contributed by atoms with van der Waals surface area (Å²) in [6.45, 7) is 3.26. The van der Waals surface area contributed by atoms with Gasteiger partial charge in [-0.2, -0.15) is 0 Å². The molecule has 10 heteroatoms. The average molecular weight is 566 g/mol. The van der Waals surface area contributed by atoms with Gasteiger partial charge in [-0.05, 0) is 61.9 Å². The molecule has 2 aliphatic rings. The molecule has 3 atom stereocenters. The fraction of sp³-hybridized carbons (Fsp3) is 0.357. The second-order valence-corrected chi connectivity index (χ2v) is 12.2. The normalized spacial score (nSPS) is 20.3. The van der Waals surface area contributed by atoms with Crippen LogP contribution in [-0.2, 0) is 0 Å². The predicted molar refractivity (Wildman–Crippen MR) is 155 cm³/mol. The van der Waals surface area contributed by atoms with Crippen molar-refractivity contribution in [3.63, 3.8) is 0 Å². The van der Waals surface area contributed by atoms with Crippen molar-refractivity contribution in [1.82, 2.24) is 20.2 Å². The largest absolute Gasteiger partial charge is 0.351 e. The molecule has 1 aliphatic heterocycles. The van der Waals surface area contributed by atoms with Gasteiger partial charge in [-0.3, -0.25) is 9.59 Å². The van der Waals surface area contributed by atoms with Crippen molar-refractivity contribution in [2.45, 2.75) is 38.3 Å². The molecule has 2 aromatic heterocycles. The average Bonchev–Trinajstić information content (AvgIpc) is 3.73. The van der Waals surface area contributed by atoms with Crippen molar-refractivity contribution in [2.24, 2.45) is 5.92 Å². The van der Waals surface area contributed by atoms with Crippen molar-refractivity contribution in [1.29, 1.82) is 0 Å². The van der Waals surface area contributed by atoms with Crippen LogP contribution in [0.15, 0.2) is 48.0 Å². The summed E-state index contributed by atoms with van der Waals surface area (Å²) in [5.41, 5.74) is 4.56. The van der Waals surface area contributed by atoms with Gasteiger partial charge in [0.05, 0.1) is 32.2 Å². The van der Waals surface area contributed by atoms with Crippen molar-refractivity contribution in [3.8, 4) is 10.4 Å². The molecular formula is C28H28ClN5O2S2. The molecule has 1 N–H and O–H groups in total. The number of likely N-dealkylation sites (tertiary alicyclic amines) is 1. The molecule has 0 unspecified atom stereocenters. The number of nitrogens with one attached hydrogen (secondary N) is 1. The van der Waals surface area contributed by atoms with Crippen molar-refractivity contribution >= 4 is 61.4 Å². The third-order valence-electron chi connectivity index (χ3n) is 7.75. The minimum Gasteiger partial charge on any atom is -0.351 e. The van der Waals surface area contributed by atoms with Crippen LogP contribution in [0.1, 0.15) is 47.0 Å². The van der Waals surface area contributed by atoms with Crippen LogP contribution < -0.4 is 10.2 Å². The van der Waals surface area contributed by atoms with Gasteiger partial charge in [0.2, 0.25) is 0 Å². The predicted octanol–water partition coefficient (Wildman–Crippen LogP) is 5.95. The lowest BCUT2D eigenvalue weighted by atomic mass is 9.98. The molecule has 6 rings (SSSR count). The number of halogens is 1. The van der Waals surface area contributed by atoms with Crippen LogP contribution in [0, 0.1) is 5.92 Å². The number of anilines is 1. The Balaban J connectivity index is 1.29. The van der Waals surface area contributed by atoms with E-state index in [0.29, 0.717) is 28.7 Å². The highest BCUT2D eigenvalue weighted by atomic mass is 35.5. The summed E-state index contributed by atoms with van der Waals surface area (Å²) in [7, 11) is 1.98. The highest BCUT2D eigenvalue weighted by Crippen LogP contribution is 2.44. The first-order valence-electron chi connectivity index (χ1n) is 12.9. The van der Waals surface area contributed by atoms with Gasteiger partial charge < -0.3 is 15.1 Å². The number of piperidine rings is 1. The van der Waals surface area contributed by atoms with Crippen molar-refractivity contribution < 1.29 is 9.59 Å². The van der Waals surface area contributed by atoms with Gasteiger partial charge in [0.15, 0.2) is 5.13 Å². The van der Waals surface area contributed by atoms with Crippen molar-refractivity contribution in [3.05, 3.63) is 64.3 Å². The van der Waals surface area contributed by atoms with Gasteiger partial charge in [-0.1, -0.05) is 41.1 Å². The third kappa shape index (κ3) is 4.46. The Morgan fingerprint density at radius 1 is 1.21 bits per heavy atom. The van der Waals surface area contributed by atoms with E-state index in [9.17, 15) is 9.59 Å². The molecule has 0 spiro atoms. The number of thiazole rings is 2. The van der Waals surface area contributed by atoms with E-state index in [2.05, 4.69) is 17.2 Å². The van der Waals surface area contributed by atoms with Crippen LogP contribution in [0.4, 0.5) is 5.13 Å². The van der Waals surface area contributed by atoms with E-state index >= 15 is 0 Å². The molecule has 38 heavy (non-hydrogen) atoms. The summed E-state index contributed by atoms with van der Waals surface area (Å²) < 4.78 is 0.882. The maximum Gasteiger partial charge on any atom is 0.274 e. The number of nitrogens with zero attached hydrogens (tertiary/aromatic N) is 4. The van der Waals surface area contributed by atoms with E-state index in [1.54, 1.807) is 5.51 Å². The monoisotopic (exact) mass is 565 g/mol. The maximum absolute atomic E-state index is 14.2. The Bertz CT molecular complexity index is 1520. The first-order valence-corrected chi connectivity index (χ1v) is 14.9. The SMILES string of the molecule is CCN(C)c1nc(C(=O)N2[C@@H]3CC[C@@H](C3)[C@@H]2CNC(=O)c2cccc3ncsc23)c(-c2cccc(Cl)c2)s1. The van der Waals surface area contributed by atoms with E-state index in [-0.39, 0.29) is 23.9 Å². The van der Waals surface area contributed by atoms with Gasteiger partial charge in [-0.15, -0.1) is 11.3 Å². The first kappa shape index (κ1) is 25.3. The molecule has 2 bridgehead atoms. The van der Waals surface area contributed by atoms with Crippen LogP contribution in [-0.4, -0.2) is 58.9 Å². The minimum atomic E-state index is -0.129. The Labute approximate surface area is 234 Å². The molecule has 7 nitrogen and oxygen atoms in total. The van der Waals surface area contributed by atoms with Crippen LogP contribution in [0.5, 0.6) is 0 Å². The van der Waals surface area contributed by atoms with E-state index < -0.39 is 0 Å². The molecule has 1 saturated carbocycles. The number of carbonyl (C=O) groups is 2. The number of aromatic nitrogens is 2. The molecule has 1 saturated heterocycles. The van der Waals surface area contributed by atoms with Gasteiger partial charge >= 0.3 is 0 Å². The molecule has 2 fully saturated rings. The van der Waals surface area contributed by atoms with Gasteiger partial charge in [-0.25, -0.2) is 9.97 Å². The number of hydrogen-bond acceptors (Lipinski definition) is 7. The molecule has 2 aromatic carbocycles. The number of fused-ring (bicyclic) bond motifs is 3. The summed E-state index contributed by atoms with van der Waals surface area (Å²) in [5.74, 6) is 0.174. The van der Waals surface area contributed by atoms with E-state index in [1.807, 2.05) is 59.3 Å². The molecular weight excluding hydrogens is 538 g/mol. The summed E-state index contributed by atoms with van der Waals surface area (Å²) in [6, 6.07) is 13.3. The quantitative estimate of drug-likeness (QED) is 0.299. The number of benzene rings is 2. The Kier molecular flexibility index (Phi) is 6.84. The summed E-state index contributed by atoms with van der Waals surface area (Å²) >= 11 is 9.29. The van der Waals surface area contributed by atoms with Gasteiger partial charge in [0, 0.05) is 31.2 Å². The molecule has 2 amide bonds. The highest BCUT2D eigenvalue weighted by molar-refractivity contribution is 7.19. The Hall–Kier alpha value is -3.01. The lowest BCUT2D eigenvalue weighted by molar-refractivity contribution is 0.0578. The zero-order valence-corrected chi connectivity index (χ0v) is 23.6. The second kappa shape index (κ2) is 10.3. The van der Waals surface area contributed by atoms with Crippen LogP contribution in [0.3, 0.4) is 0 Å².